The Labute approximate surface area is 411 Å². The summed E-state index contributed by atoms with van der Waals surface area (Å²) in [4.78, 5) is 34.7. The summed E-state index contributed by atoms with van der Waals surface area (Å²) in [7, 11) is 0. The molecule has 0 spiro atoms. The van der Waals surface area contributed by atoms with Crippen molar-refractivity contribution in [1.82, 2.24) is 20.4 Å². The van der Waals surface area contributed by atoms with E-state index in [0.29, 0.717) is 10.6 Å². The molecule has 0 radical (unpaired) electrons. The fourth-order valence-electron chi connectivity index (χ4n) is 5.74. The van der Waals surface area contributed by atoms with Crippen LogP contribution in [0.5, 0.6) is 0 Å². The number of unbranched alkanes of at least 4 members (excludes halogenated alkanes) is 4. The van der Waals surface area contributed by atoms with Gasteiger partial charge in [-0.1, -0.05) is 12.8 Å². The van der Waals surface area contributed by atoms with Crippen molar-refractivity contribution in [2.24, 2.45) is 0 Å². The zero-order valence-corrected chi connectivity index (χ0v) is 36.4. The molecule has 0 aromatic heterocycles. The average Bonchev–Trinajstić information content (AvgIpc) is 3.16. The minimum Gasteiger partial charge on any atom is -0.550 e. The van der Waals surface area contributed by atoms with Crippen molar-refractivity contribution in [2.75, 3.05) is 13.1 Å². The number of carboxylic acid groups (broad SMARTS) is 2. The Morgan fingerprint density at radius 1 is 0.356 bits per heavy atom. The maximum absolute atomic E-state index is 14.6. The molecule has 0 saturated carbocycles. The van der Waals surface area contributed by atoms with Gasteiger partial charge in [0.25, 0.3) is 11.8 Å². The Bertz CT molecular complexity index is 1800. The van der Waals surface area contributed by atoms with Gasteiger partial charge < -0.3 is 30.4 Å². The second-order valence-electron chi connectivity index (χ2n) is 14.6. The van der Waals surface area contributed by atoms with E-state index in [9.17, 15) is 170 Å². The molecular formula is C30H22CaF32N4O6. The Morgan fingerprint density at radius 2 is 0.562 bits per heavy atom. The van der Waals surface area contributed by atoms with Crippen LogP contribution in [0.15, 0.2) is 0 Å². The first-order valence-electron chi connectivity index (χ1n) is 18.0. The molecule has 43 heteroatoms. The summed E-state index contributed by atoms with van der Waals surface area (Å²) in [6.07, 6.45) is -19.2. The molecule has 2 atom stereocenters. The van der Waals surface area contributed by atoms with Crippen molar-refractivity contribution in [2.45, 2.75) is 147 Å². The van der Waals surface area contributed by atoms with Gasteiger partial charge in [-0.25, -0.2) is 8.78 Å². The summed E-state index contributed by atoms with van der Waals surface area (Å²) in [5, 5.41) is 21.6. The number of rotatable bonds is 18. The zero-order chi connectivity index (χ0) is 57.9. The van der Waals surface area contributed by atoms with E-state index in [0.717, 1.165) is 0 Å². The molecule has 2 rings (SSSR count). The molecule has 0 bridgehead atoms. The molecule has 2 aliphatic rings. The van der Waals surface area contributed by atoms with Gasteiger partial charge in [-0.2, -0.15) is 132 Å². The van der Waals surface area contributed by atoms with Gasteiger partial charge in [0.15, 0.2) is 0 Å². The number of carbonyl (C=O) groups is 4. The van der Waals surface area contributed by atoms with Crippen LogP contribution in [0.25, 0.3) is 0 Å². The summed E-state index contributed by atoms with van der Waals surface area (Å²) >= 11 is 0. The van der Waals surface area contributed by atoms with Gasteiger partial charge in [0, 0.05) is 25.0 Å². The van der Waals surface area contributed by atoms with Crippen LogP contribution in [-0.4, -0.2) is 180 Å². The second-order valence-corrected chi connectivity index (χ2v) is 14.6. The van der Waals surface area contributed by atoms with E-state index in [4.69, 9.17) is 0 Å². The van der Waals surface area contributed by atoms with Crippen LogP contribution < -0.4 is 20.8 Å². The molecule has 2 aliphatic heterocycles. The molecule has 2 amide bonds. The third-order valence-electron chi connectivity index (χ3n) is 9.70. The van der Waals surface area contributed by atoms with E-state index in [1.165, 1.54) is 0 Å². The minimum atomic E-state index is -8.08. The number of aliphatic carboxylic acids is 2. The summed E-state index contributed by atoms with van der Waals surface area (Å²) in [5.74, 6) is -58.5. The Morgan fingerprint density at radius 3 is 0.740 bits per heavy atom. The zero-order valence-electron chi connectivity index (χ0n) is 34.2. The summed E-state index contributed by atoms with van der Waals surface area (Å²) in [6.45, 7) is -2.64. The van der Waals surface area contributed by atoms with E-state index < -0.39 is 168 Å². The van der Waals surface area contributed by atoms with E-state index in [2.05, 4.69) is 0 Å². The molecule has 2 saturated heterocycles. The first-order chi connectivity index (χ1) is 31.4. The fraction of sp³-hybridized carbons (Fsp3) is 0.867. The molecule has 2 N–H and O–H groups in total. The quantitative estimate of drug-likeness (QED) is 0.0648. The maximum atomic E-state index is 14.6. The molecule has 2 fully saturated rings. The molecule has 73 heavy (non-hydrogen) atoms. The summed E-state index contributed by atoms with van der Waals surface area (Å²) in [6, 6.07) is -48.2. The second kappa shape index (κ2) is 21.0. The number of halogens is 32. The molecule has 2 unspecified atom stereocenters. The van der Waals surface area contributed by atoms with Crippen LogP contribution in [0.2, 0.25) is 0 Å². The van der Waals surface area contributed by atoms with E-state index >= 15 is 0 Å². The van der Waals surface area contributed by atoms with Crippen LogP contribution in [-0.2, 0) is 19.2 Å². The van der Waals surface area contributed by atoms with Crippen molar-refractivity contribution in [3.05, 3.63) is 0 Å². The number of alkyl halides is 32. The number of likely N-dealkylation sites (tertiary alicyclic amines) is 2. The van der Waals surface area contributed by atoms with Crippen molar-refractivity contribution in [3.8, 4) is 0 Å². The number of carbonyl (C=O) groups excluding carboxylic acids is 4. The molecule has 2 heterocycles. The van der Waals surface area contributed by atoms with Crippen molar-refractivity contribution < 1.29 is 170 Å². The van der Waals surface area contributed by atoms with Gasteiger partial charge in [-0.3, -0.25) is 9.59 Å². The van der Waals surface area contributed by atoms with Gasteiger partial charge in [-0.15, -0.1) is 9.80 Å². The number of nitrogens with zero attached hydrogens (tertiary/aromatic N) is 2. The molecular weight excluding hydrogens is 1160 g/mol. The van der Waals surface area contributed by atoms with Gasteiger partial charge in [0.1, 0.15) is 0 Å². The standard InChI is InChI=1S/2C15H12F16N2O3.Ca/c2*16-8(12(23,24)25,7(36)32-5-3-1-2-4-6(34)35)13(26,27)33-14(28,29)10(19,20)9(17,18)11(21,22)15(33,30)31;/h2*1-5H2,(H,32,36)(H,34,35);/q;;+2/p-2. The van der Waals surface area contributed by atoms with E-state index in [1.807, 2.05) is 0 Å². The number of piperidine rings is 2. The number of hydrogen-bond donors (Lipinski definition) is 2. The van der Waals surface area contributed by atoms with Gasteiger partial charge in [0.05, 0.1) is 0 Å². The average molecular weight is 1180 g/mol. The number of nitrogens with one attached hydrogen (secondary N) is 2. The van der Waals surface area contributed by atoms with E-state index in [-0.39, 0.29) is 63.4 Å². The first-order valence-corrected chi connectivity index (χ1v) is 18.0. The minimum absolute atomic E-state index is 0. The maximum Gasteiger partial charge on any atom is 2.00 e. The van der Waals surface area contributed by atoms with Crippen LogP contribution in [0, 0.1) is 0 Å². The molecule has 0 aromatic rings. The largest absolute Gasteiger partial charge is 2.00 e. The molecule has 424 valence electrons. The van der Waals surface area contributed by atoms with Crippen LogP contribution in [0.3, 0.4) is 0 Å². The smallest absolute Gasteiger partial charge is 0.550 e. The van der Waals surface area contributed by atoms with Crippen molar-refractivity contribution in [3.63, 3.8) is 0 Å². The summed E-state index contributed by atoms with van der Waals surface area (Å²) in [5.41, 5.74) is -14.8. The number of amides is 2. The third-order valence-corrected chi connectivity index (χ3v) is 9.70. The number of hydrogen-bond acceptors (Lipinski definition) is 8. The van der Waals surface area contributed by atoms with Gasteiger partial charge >= 0.3 is 133 Å². The summed E-state index contributed by atoms with van der Waals surface area (Å²) < 4.78 is 436. The predicted molar refractivity (Wildman–Crippen MR) is 162 cm³/mol. The third kappa shape index (κ3) is 10.5. The number of carboxylic acids is 2. The van der Waals surface area contributed by atoms with Gasteiger partial charge in [-0.05, 0) is 38.5 Å². The van der Waals surface area contributed by atoms with E-state index in [1.54, 1.807) is 0 Å². The Balaban J connectivity index is 0.00000140. The molecule has 0 aliphatic carbocycles. The fourth-order valence-corrected chi connectivity index (χ4v) is 5.74. The normalized spacial score (nSPS) is 24.2. The van der Waals surface area contributed by atoms with Gasteiger partial charge in [0.2, 0.25) is 0 Å². The van der Waals surface area contributed by atoms with Crippen LogP contribution in [0.4, 0.5) is 140 Å². The molecule has 10 nitrogen and oxygen atoms in total. The van der Waals surface area contributed by atoms with Crippen LogP contribution in [0.1, 0.15) is 51.4 Å². The Kier molecular flexibility index (Phi) is 20.1. The van der Waals surface area contributed by atoms with Crippen LogP contribution >= 0.6 is 0 Å². The predicted octanol–water partition coefficient (Wildman–Crippen LogP) is 6.99. The van der Waals surface area contributed by atoms with Crippen molar-refractivity contribution >= 4 is 61.5 Å². The first kappa shape index (κ1) is 69.8. The van der Waals surface area contributed by atoms with Crippen molar-refractivity contribution in [1.29, 1.82) is 0 Å². The SMILES string of the molecule is O=C([O-])CCCCCNC(=O)C(F)(C(F)(F)F)C(F)(F)N1C(F)(F)C(F)(F)C(F)(F)C(F)(F)C1(F)F.O=C([O-])CCCCCNC(=O)C(F)(C(F)(F)F)C(F)(F)N1C(F)(F)C(F)(F)C(F)(F)C(F)(F)C1(F)F.[Ca+2]. The monoisotopic (exact) mass is 1180 g/mol. The molecule has 0 aromatic carbocycles. The Hall–Kier alpha value is -3.18. The topological polar surface area (TPSA) is 145 Å².